The maximum absolute atomic E-state index is 11.2. The lowest BCUT2D eigenvalue weighted by atomic mass is 10.0. The van der Waals surface area contributed by atoms with Gasteiger partial charge in [0.15, 0.2) is 0 Å². The van der Waals surface area contributed by atoms with Crippen LogP contribution in [-0.4, -0.2) is 31.8 Å². The molecule has 0 spiro atoms. The van der Waals surface area contributed by atoms with Crippen molar-refractivity contribution in [2.45, 2.75) is 40.2 Å². The first-order chi connectivity index (χ1) is 21.9. The van der Waals surface area contributed by atoms with Crippen molar-refractivity contribution in [2.24, 2.45) is 17.0 Å². The van der Waals surface area contributed by atoms with Gasteiger partial charge >= 0.3 is 0 Å². The molecule has 0 aliphatic rings. The van der Waals surface area contributed by atoms with Crippen molar-refractivity contribution < 1.29 is 10.2 Å². The van der Waals surface area contributed by atoms with Crippen LogP contribution in [0.1, 0.15) is 42.0 Å². The molecule has 0 unspecified atom stereocenters. The minimum absolute atomic E-state index is 0.188. The highest BCUT2D eigenvalue weighted by molar-refractivity contribution is 6.13. The Balaban J connectivity index is 1.29. The van der Waals surface area contributed by atoms with Gasteiger partial charge in [-0.15, -0.1) is 0 Å². The third-order valence-corrected chi connectivity index (χ3v) is 9.07. The van der Waals surface area contributed by atoms with E-state index in [4.69, 9.17) is 9.98 Å². The monoisotopic (exact) mass is 592 g/mol. The Hall–Kier alpha value is -5.36. The molecule has 2 N–H and O–H groups in total. The number of hydrogen-bond acceptors (Lipinski definition) is 4. The van der Waals surface area contributed by atoms with Crippen LogP contribution in [0.25, 0.3) is 43.6 Å². The van der Waals surface area contributed by atoms with Crippen LogP contribution in [0.2, 0.25) is 0 Å². The number of benzene rings is 5. The van der Waals surface area contributed by atoms with Crippen molar-refractivity contribution in [2.75, 3.05) is 0 Å². The van der Waals surface area contributed by atoms with E-state index in [0.29, 0.717) is 22.5 Å². The molecule has 0 aliphatic carbocycles. The summed E-state index contributed by atoms with van der Waals surface area (Å²) in [5.41, 5.74) is 9.14. The molecule has 0 saturated carbocycles. The number of rotatable bonds is 7. The van der Waals surface area contributed by atoms with E-state index in [2.05, 4.69) is 60.4 Å². The largest absolute Gasteiger partial charge is 0.507 e. The first-order valence-electron chi connectivity index (χ1n) is 15.5. The summed E-state index contributed by atoms with van der Waals surface area (Å²) in [4.78, 5) is 9.62. The van der Waals surface area contributed by atoms with Gasteiger partial charge in [-0.05, 0) is 67.8 Å². The summed E-state index contributed by atoms with van der Waals surface area (Å²) in [5, 5.41) is 26.6. The van der Waals surface area contributed by atoms with Crippen molar-refractivity contribution in [1.29, 1.82) is 0 Å². The van der Waals surface area contributed by atoms with Gasteiger partial charge in [-0.2, -0.15) is 0 Å². The number of unbranched alkanes of at least 4 members (excludes halogenated alkanes) is 1. The van der Waals surface area contributed by atoms with Crippen LogP contribution in [0.3, 0.4) is 0 Å². The Labute approximate surface area is 262 Å². The number of aromatic hydroxyl groups is 2. The van der Waals surface area contributed by atoms with Gasteiger partial charge in [-0.1, -0.05) is 61.9 Å². The van der Waals surface area contributed by atoms with Gasteiger partial charge in [-0.25, -0.2) is 0 Å². The number of aliphatic imine (C=N–C) groups is 2. The number of hydrogen-bond donors (Lipinski definition) is 2. The summed E-state index contributed by atoms with van der Waals surface area (Å²) >= 11 is 0. The van der Waals surface area contributed by atoms with Gasteiger partial charge < -0.3 is 19.3 Å². The zero-order valence-corrected chi connectivity index (χ0v) is 26.0. The molecule has 6 heteroatoms. The summed E-state index contributed by atoms with van der Waals surface area (Å²) in [7, 11) is 2.05. The molecule has 7 rings (SSSR count). The smallest absolute Gasteiger partial charge is 0.125 e. The molecule has 0 bridgehead atoms. The molecule has 2 heterocycles. The minimum atomic E-state index is 0.188. The quantitative estimate of drug-likeness (QED) is 0.181. The Bertz CT molecular complexity index is 2320. The molecule has 2 aromatic heterocycles. The second-order valence-corrected chi connectivity index (χ2v) is 11.8. The molecule has 5 aromatic carbocycles. The lowest BCUT2D eigenvalue weighted by molar-refractivity contribution is 0.474. The van der Waals surface area contributed by atoms with Crippen molar-refractivity contribution in [3.8, 4) is 11.5 Å². The summed E-state index contributed by atoms with van der Waals surface area (Å²) in [5.74, 6) is 0.389. The molecule has 0 radical (unpaired) electrons. The van der Waals surface area contributed by atoms with Crippen molar-refractivity contribution in [3.63, 3.8) is 0 Å². The molecule has 6 nitrogen and oxygen atoms in total. The number of para-hydroxylation sites is 4. The fourth-order valence-electron chi connectivity index (χ4n) is 6.80. The lowest BCUT2D eigenvalue weighted by Crippen LogP contribution is -2.00. The predicted molar refractivity (Wildman–Crippen MR) is 189 cm³/mol. The third kappa shape index (κ3) is 4.65. The van der Waals surface area contributed by atoms with Gasteiger partial charge in [0.2, 0.25) is 0 Å². The van der Waals surface area contributed by atoms with Crippen LogP contribution in [0.4, 0.5) is 11.4 Å². The van der Waals surface area contributed by atoms with Crippen LogP contribution in [0.15, 0.2) is 94.9 Å². The number of nitrogens with zero attached hydrogens (tertiary/aromatic N) is 4. The van der Waals surface area contributed by atoms with E-state index in [9.17, 15) is 10.2 Å². The number of phenols is 2. The first-order valence-corrected chi connectivity index (χ1v) is 15.5. The summed E-state index contributed by atoms with van der Waals surface area (Å²) in [6, 6.07) is 28.0. The maximum atomic E-state index is 11.2. The standard InChI is InChI=1S/C39H36N4O2/c1-5-6-19-43-35-18-12-8-14-27(35)29-21-37(45)31(25(3)39(29)43)23-41-33-16-10-9-15-32(33)40-22-30-24(2)38-28(20-36(30)44)26-13-7-11-17-34(26)42(38)4/h7-18,20-23,44-45H,5-6,19H2,1-4H3. The van der Waals surface area contributed by atoms with Crippen molar-refractivity contribution >= 4 is 67.4 Å². The van der Waals surface area contributed by atoms with Crippen molar-refractivity contribution in [1.82, 2.24) is 9.13 Å². The van der Waals surface area contributed by atoms with E-state index < -0.39 is 0 Å². The first kappa shape index (κ1) is 28.4. The molecule has 0 aliphatic heterocycles. The molecular weight excluding hydrogens is 556 g/mol. The SMILES string of the molecule is CCCCn1c2ccccc2c2cc(O)c(C=Nc3ccccc3N=Cc3c(O)cc4c5ccccc5n(C)c4c3C)c(C)c21. The number of fused-ring (bicyclic) bond motifs is 6. The van der Waals surface area contributed by atoms with Gasteiger partial charge in [0.05, 0.1) is 22.4 Å². The van der Waals surface area contributed by atoms with E-state index in [1.807, 2.05) is 61.5 Å². The molecular formula is C39H36N4O2. The summed E-state index contributed by atoms with van der Waals surface area (Å²) in [6.07, 6.45) is 5.64. The zero-order chi connectivity index (χ0) is 31.2. The molecule has 0 saturated heterocycles. The number of aryl methyl sites for hydroxylation is 4. The molecule has 45 heavy (non-hydrogen) atoms. The highest BCUT2D eigenvalue weighted by Crippen LogP contribution is 2.38. The maximum Gasteiger partial charge on any atom is 0.125 e. The predicted octanol–water partition coefficient (Wildman–Crippen LogP) is 9.77. The minimum Gasteiger partial charge on any atom is -0.507 e. The van der Waals surface area contributed by atoms with Crippen LogP contribution in [0, 0.1) is 13.8 Å². The highest BCUT2D eigenvalue weighted by Gasteiger charge is 2.18. The molecule has 224 valence electrons. The van der Waals surface area contributed by atoms with E-state index in [-0.39, 0.29) is 11.5 Å². The fraction of sp³-hybridized carbons (Fsp3) is 0.179. The average molecular weight is 593 g/mol. The molecule has 7 aromatic rings. The second kappa shape index (κ2) is 11.3. The van der Waals surface area contributed by atoms with E-state index in [0.717, 1.165) is 68.6 Å². The summed E-state index contributed by atoms with van der Waals surface area (Å²) < 4.78 is 4.54. The Morgan fingerprint density at radius 1 is 0.644 bits per heavy atom. The van der Waals surface area contributed by atoms with E-state index in [1.165, 1.54) is 5.52 Å². The molecule has 0 atom stereocenters. The zero-order valence-electron chi connectivity index (χ0n) is 26.0. The van der Waals surface area contributed by atoms with Gasteiger partial charge in [0.25, 0.3) is 0 Å². The molecule has 0 fully saturated rings. The third-order valence-electron chi connectivity index (χ3n) is 9.07. The van der Waals surface area contributed by atoms with Gasteiger partial charge in [0, 0.05) is 69.7 Å². The van der Waals surface area contributed by atoms with Gasteiger partial charge in [0.1, 0.15) is 11.5 Å². The number of phenolic OH excluding ortho intramolecular Hbond substituents is 2. The van der Waals surface area contributed by atoms with Crippen LogP contribution < -0.4 is 0 Å². The lowest BCUT2D eigenvalue weighted by Gasteiger charge is -2.11. The highest BCUT2D eigenvalue weighted by atomic mass is 16.3. The number of aromatic nitrogens is 2. The Kier molecular flexibility index (Phi) is 7.13. The van der Waals surface area contributed by atoms with Crippen LogP contribution in [-0.2, 0) is 13.6 Å². The topological polar surface area (TPSA) is 75.0 Å². The second-order valence-electron chi connectivity index (χ2n) is 11.8. The van der Waals surface area contributed by atoms with Crippen LogP contribution in [0.5, 0.6) is 11.5 Å². The van der Waals surface area contributed by atoms with E-state index in [1.54, 1.807) is 12.4 Å². The Morgan fingerprint density at radius 3 is 1.73 bits per heavy atom. The Morgan fingerprint density at radius 2 is 1.13 bits per heavy atom. The van der Waals surface area contributed by atoms with Crippen LogP contribution >= 0.6 is 0 Å². The normalized spacial score (nSPS) is 12.3. The summed E-state index contributed by atoms with van der Waals surface area (Å²) in [6.45, 7) is 7.20. The molecule has 0 amide bonds. The average Bonchev–Trinajstić information content (AvgIpc) is 3.51. The van der Waals surface area contributed by atoms with E-state index >= 15 is 0 Å². The van der Waals surface area contributed by atoms with Gasteiger partial charge in [-0.3, -0.25) is 9.98 Å². The van der Waals surface area contributed by atoms with Crippen molar-refractivity contribution in [3.05, 3.63) is 107 Å². The fourth-order valence-corrected chi connectivity index (χ4v) is 6.80.